The quantitative estimate of drug-likeness (QED) is 0.233. The summed E-state index contributed by atoms with van der Waals surface area (Å²) in [5.74, 6) is 0.0582. The van der Waals surface area contributed by atoms with E-state index in [9.17, 15) is 13.6 Å². The van der Waals surface area contributed by atoms with Crippen molar-refractivity contribution in [3.05, 3.63) is 93.0 Å². The van der Waals surface area contributed by atoms with Gasteiger partial charge in [0.1, 0.15) is 17.0 Å². The molecular weight excluding hydrogens is 549 g/mol. The van der Waals surface area contributed by atoms with Crippen molar-refractivity contribution in [1.29, 1.82) is 0 Å². The van der Waals surface area contributed by atoms with Crippen molar-refractivity contribution in [3.63, 3.8) is 0 Å². The van der Waals surface area contributed by atoms with E-state index >= 15 is 0 Å². The topological polar surface area (TPSA) is 86.3 Å². The van der Waals surface area contributed by atoms with Gasteiger partial charge in [-0.15, -0.1) is 0 Å². The van der Waals surface area contributed by atoms with E-state index in [0.717, 1.165) is 10.1 Å². The summed E-state index contributed by atoms with van der Waals surface area (Å²) in [6.07, 6.45) is -1.62. The number of methoxy groups -OCH3 is 1. The molecule has 0 fully saturated rings. The molecule has 0 saturated heterocycles. The molecule has 2 aromatic carbocycles. The van der Waals surface area contributed by atoms with Gasteiger partial charge in [0.05, 0.1) is 42.6 Å². The molecule has 0 radical (unpaired) electrons. The zero-order valence-corrected chi connectivity index (χ0v) is 22.6. The van der Waals surface area contributed by atoms with Crippen LogP contribution in [-0.4, -0.2) is 37.4 Å². The number of hydrogen-bond donors (Lipinski definition) is 1. The van der Waals surface area contributed by atoms with Gasteiger partial charge in [-0.25, -0.2) is 18.3 Å². The summed E-state index contributed by atoms with van der Waals surface area (Å²) in [7, 11) is 1.53. The van der Waals surface area contributed by atoms with Crippen LogP contribution in [0.1, 0.15) is 39.4 Å². The third kappa shape index (κ3) is 5.17. The number of anilines is 1. The molecule has 1 N–H and O–H groups in total. The van der Waals surface area contributed by atoms with E-state index in [4.69, 9.17) is 27.9 Å². The van der Waals surface area contributed by atoms with Crippen molar-refractivity contribution in [2.24, 2.45) is 0 Å². The van der Waals surface area contributed by atoms with Gasteiger partial charge >= 0.3 is 0 Å². The lowest BCUT2D eigenvalue weighted by Gasteiger charge is -2.10. The Balaban J connectivity index is 1.49. The smallest absolute Gasteiger partial charge is 0.280 e. The highest BCUT2D eigenvalue weighted by atomic mass is 35.5. The molecule has 0 aliphatic heterocycles. The fourth-order valence-corrected chi connectivity index (χ4v) is 4.70. The maximum atomic E-state index is 14.0. The number of alkyl halides is 2. The van der Waals surface area contributed by atoms with Crippen molar-refractivity contribution < 1.29 is 18.3 Å². The lowest BCUT2D eigenvalue weighted by molar-refractivity contribution is 0.102. The van der Waals surface area contributed by atoms with Crippen LogP contribution in [0.5, 0.6) is 5.75 Å². The Kier molecular flexibility index (Phi) is 7.24. The van der Waals surface area contributed by atoms with Crippen molar-refractivity contribution in [3.8, 4) is 17.0 Å². The average molecular weight is 571 g/mol. The van der Waals surface area contributed by atoms with Crippen molar-refractivity contribution in [2.75, 3.05) is 12.4 Å². The second-order valence-corrected chi connectivity index (χ2v) is 9.63. The molecule has 0 unspecified atom stereocenters. The Bertz CT molecular complexity index is 1700. The summed E-state index contributed by atoms with van der Waals surface area (Å²) < 4.78 is 35.8. The molecule has 0 aliphatic rings. The fourth-order valence-electron chi connectivity index (χ4n) is 4.24. The fraction of sp³-hybridized carbons (Fsp3) is 0.185. The number of carbonyl (C=O) groups is 1. The molecule has 0 atom stereocenters. The number of hydrogen-bond acceptors (Lipinski definition) is 5. The summed E-state index contributed by atoms with van der Waals surface area (Å²) >= 11 is 12.3. The van der Waals surface area contributed by atoms with E-state index in [1.807, 2.05) is 13.0 Å². The van der Waals surface area contributed by atoms with Gasteiger partial charge in [-0.05, 0) is 61.9 Å². The Hall–Kier alpha value is -4.02. The van der Waals surface area contributed by atoms with E-state index in [1.165, 1.54) is 19.4 Å². The highest BCUT2D eigenvalue weighted by Crippen LogP contribution is 2.29. The van der Waals surface area contributed by atoms with Crippen LogP contribution >= 0.6 is 23.2 Å². The number of aromatic nitrogens is 5. The first-order chi connectivity index (χ1) is 18.7. The molecule has 0 aliphatic carbocycles. The van der Waals surface area contributed by atoms with E-state index < -0.39 is 12.3 Å². The highest BCUT2D eigenvalue weighted by molar-refractivity contribution is 6.35. The summed E-state index contributed by atoms with van der Waals surface area (Å²) in [5.41, 5.74) is 3.07. The minimum absolute atomic E-state index is 0.00626. The Morgan fingerprint density at radius 1 is 1.10 bits per heavy atom. The average Bonchev–Trinajstić information content (AvgIpc) is 3.46. The third-order valence-corrected chi connectivity index (χ3v) is 6.90. The number of fused-ring (bicyclic) bond motifs is 1. The number of rotatable bonds is 7. The number of halogens is 4. The first-order valence-corrected chi connectivity index (χ1v) is 12.5. The molecule has 5 aromatic rings. The van der Waals surface area contributed by atoms with Crippen LogP contribution in [0.15, 0.2) is 54.7 Å². The predicted molar refractivity (Wildman–Crippen MR) is 145 cm³/mol. The van der Waals surface area contributed by atoms with Crippen LogP contribution in [-0.2, 0) is 6.54 Å². The number of carbonyl (C=O) groups excluding carboxylic acids is 1. The maximum absolute atomic E-state index is 14.0. The summed E-state index contributed by atoms with van der Waals surface area (Å²) in [6.45, 7) is 3.93. The molecule has 200 valence electrons. The number of amides is 1. The molecular formula is C27H22Cl2F2N6O2. The first kappa shape index (κ1) is 26.6. The maximum Gasteiger partial charge on any atom is 0.280 e. The van der Waals surface area contributed by atoms with Crippen molar-refractivity contribution >= 4 is 40.4 Å². The standard InChI is InChI=1S/C27H22Cl2F2N6O2/c1-14-24(15(2)36(35-14)13-17-4-7-18(28)10-21(17)29)34-27(38)20-12-32-37-23(25(30)31)11-22(33-26(20)37)16-5-8-19(39-3)9-6-16/h4-12,25H,13H2,1-3H3,(H,34,38). The van der Waals surface area contributed by atoms with Crippen LogP contribution in [0.3, 0.4) is 0 Å². The lowest BCUT2D eigenvalue weighted by Crippen LogP contribution is -2.14. The molecule has 1 amide bonds. The zero-order valence-electron chi connectivity index (χ0n) is 21.0. The molecule has 39 heavy (non-hydrogen) atoms. The second kappa shape index (κ2) is 10.6. The number of benzene rings is 2. The van der Waals surface area contributed by atoms with Gasteiger partial charge in [0, 0.05) is 15.6 Å². The Labute approximate surface area is 232 Å². The van der Waals surface area contributed by atoms with Gasteiger partial charge in [0.15, 0.2) is 5.65 Å². The van der Waals surface area contributed by atoms with Crippen LogP contribution < -0.4 is 10.1 Å². The number of ether oxygens (including phenoxy) is 1. The van der Waals surface area contributed by atoms with Gasteiger partial charge in [-0.3, -0.25) is 9.48 Å². The van der Waals surface area contributed by atoms with E-state index in [2.05, 4.69) is 20.5 Å². The predicted octanol–water partition coefficient (Wildman–Crippen LogP) is 6.76. The Morgan fingerprint density at radius 2 is 1.85 bits per heavy atom. The van der Waals surface area contributed by atoms with Gasteiger partial charge in [0.2, 0.25) is 0 Å². The molecule has 8 nitrogen and oxygen atoms in total. The molecule has 3 aromatic heterocycles. The van der Waals surface area contributed by atoms with E-state index in [1.54, 1.807) is 48.0 Å². The number of aryl methyl sites for hydroxylation is 1. The SMILES string of the molecule is COc1ccc(-c2cc(C(F)F)n3ncc(C(=O)Nc4c(C)nn(Cc5ccc(Cl)cc5Cl)c4C)c3n2)cc1. The van der Waals surface area contributed by atoms with Crippen LogP contribution in [0.4, 0.5) is 14.5 Å². The largest absolute Gasteiger partial charge is 0.497 e. The summed E-state index contributed by atoms with van der Waals surface area (Å²) in [6, 6.07) is 13.3. The third-order valence-electron chi connectivity index (χ3n) is 6.31. The summed E-state index contributed by atoms with van der Waals surface area (Å²) in [4.78, 5) is 17.9. The van der Waals surface area contributed by atoms with Gasteiger partial charge in [0.25, 0.3) is 12.3 Å². The number of nitrogens with one attached hydrogen (secondary N) is 1. The van der Waals surface area contributed by atoms with Gasteiger partial charge in [-0.2, -0.15) is 10.2 Å². The van der Waals surface area contributed by atoms with Gasteiger partial charge in [-0.1, -0.05) is 29.3 Å². The molecule has 0 saturated carbocycles. The van der Waals surface area contributed by atoms with E-state index in [0.29, 0.717) is 45.0 Å². The van der Waals surface area contributed by atoms with Gasteiger partial charge < -0.3 is 10.1 Å². The first-order valence-electron chi connectivity index (χ1n) is 11.8. The van der Waals surface area contributed by atoms with Crippen molar-refractivity contribution in [2.45, 2.75) is 26.8 Å². The monoisotopic (exact) mass is 570 g/mol. The molecule has 3 heterocycles. The second-order valence-electron chi connectivity index (χ2n) is 8.78. The molecule has 12 heteroatoms. The summed E-state index contributed by atoms with van der Waals surface area (Å²) in [5, 5.41) is 12.4. The Morgan fingerprint density at radius 3 is 2.51 bits per heavy atom. The zero-order chi connectivity index (χ0) is 27.8. The minimum atomic E-state index is -2.84. The van der Waals surface area contributed by atoms with Crippen molar-refractivity contribution in [1.82, 2.24) is 24.4 Å². The lowest BCUT2D eigenvalue weighted by atomic mass is 10.1. The van der Waals surface area contributed by atoms with Crippen LogP contribution in [0.2, 0.25) is 10.0 Å². The highest BCUT2D eigenvalue weighted by Gasteiger charge is 2.23. The van der Waals surface area contributed by atoms with E-state index in [-0.39, 0.29) is 22.6 Å². The minimum Gasteiger partial charge on any atom is -0.497 e. The van der Waals surface area contributed by atoms with Crippen LogP contribution in [0.25, 0.3) is 16.9 Å². The molecule has 0 spiro atoms. The molecule has 5 rings (SSSR count). The van der Waals surface area contributed by atoms with Crippen LogP contribution in [0, 0.1) is 13.8 Å². The number of nitrogens with zero attached hydrogens (tertiary/aromatic N) is 5. The normalized spacial score (nSPS) is 11.4. The molecule has 0 bridgehead atoms.